The standard InChI is InChI=1S/C16H18N2O2/c19-15(20)16(9-5-2-6-10-16)13-11-17-18(12-13)14-7-3-1-4-8-14/h1,3-4,7-8,11-12H,2,5-6,9-10H2,(H,19,20). The van der Waals surface area contributed by atoms with Crippen LogP contribution in [0.2, 0.25) is 0 Å². The fourth-order valence-electron chi connectivity index (χ4n) is 3.07. The lowest BCUT2D eigenvalue weighted by Crippen LogP contribution is -2.37. The van der Waals surface area contributed by atoms with Crippen LogP contribution in [0.5, 0.6) is 0 Å². The number of carboxylic acid groups (broad SMARTS) is 1. The summed E-state index contributed by atoms with van der Waals surface area (Å²) in [7, 11) is 0. The number of para-hydroxylation sites is 1. The van der Waals surface area contributed by atoms with Crippen LogP contribution >= 0.6 is 0 Å². The summed E-state index contributed by atoms with van der Waals surface area (Å²) >= 11 is 0. The van der Waals surface area contributed by atoms with Gasteiger partial charge in [-0.25, -0.2) is 4.68 Å². The molecule has 0 amide bonds. The van der Waals surface area contributed by atoms with Gasteiger partial charge in [-0.05, 0) is 25.0 Å². The minimum absolute atomic E-state index is 0.711. The lowest BCUT2D eigenvalue weighted by Gasteiger charge is -2.32. The third-order valence-electron chi connectivity index (χ3n) is 4.27. The highest BCUT2D eigenvalue weighted by Gasteiger charge is 2.42. The second kappa shape index (κ2) is 5.12. The molecule has 0 bridgehead atoms. The Morgan fingerprint density at radius 2 is 1.85 bits per heavy atom. The van der Waals surface area contributed by atoms with Crippen molar-refractivity contribution < 1.29 is 9.90 Å². The quantitative estimate of drug-likeness (QED) is 0.932. The molecule has 1 aromatic heterocycles. The molecule has 1 heterocycles. The van der Waals surface area contributed by atoms with Crippen molar-refractivity contribution in [2.75, 3.05) is 0 Å². The van der Waals surface area contributed by atoms with Crippen molar-refractivity contribution in [1.82, 2.24) is 9.78 Å². The maximum atomic E-state index is 11.8. The maximum absolute atomic E-state index is 11.8. The number of hydrogen-bond donors (Lipinski definition) is 1. The Morgan fingerprint density at radius 3 is 2.50 bits per heavy atom. The molecule has 1 aliphatic rings. The van der Waals surface area contributed by atoms with Gasteiger partial charge in [-0.3, -0.25) is 4.79 Å². The van der Waals surface area contributed by atoms with E-state index in [0.29, 0.717) is 12.8 Å². The second-order valence-electron chi connectivity index (χ2n) is 5.46. The van der Waals surface area contributed by atoms with Gasteiger partial charge in [0.15, 0.2) is 0 Å². The molecule has 1 saturated carbocycles. The van der Waals surface area contributed by atoms with Crippen LogP contribution in [0.25, 0.3) is 5.69 Å². The van der Waals surface area contributed by atoms with Gasteiger partial charge < -0.3 is 5.11 Å². The SMILES string of the molecule is O=C(O)C1(c2cnn(-c3ccccc3)c2)CCCCC1. The van der Waals surface area contributed by atoms with Crippen molar-refractivity contribution in [1.29, 1.82) is 0 Å². The zero-order chi connectivity index (χ0) is 14.0. The first-order chi connectivity index (χ1) is 9.72. The molecule has 0 atom stereocenters. The Morgan fingerprint density at radius 1 is 1.15 bits per heavy atom. The summed E-state index contributed by atoms with van der Waals surface area (Å²) in [5.74, 6) is -0.718. The van der Waals surface area contributed by atoms with Crippen LogP contribution < -0.4 is 0 Å². The van der Waals surface area contributed by atoms with Crippen molar-refractivity contribution in [3.05, 3.63) is 48.3 Å². The third-order valence-corrected chi connectivity index (χ3v) is 4.27. The molecule has 0 aliphatic heterocycles. The first kappa shape index (κ1) is 12.9. The van der Waals surface area contributed by atoms with Gasteiger partial charge in [0.2, 0.25) is 0 Å². The summed E-state index contributed by atoms with van der Waals surface area (Å²) in [5.41, 5.74) is 1.04. The maximum Gasteiger partial charge on any atom is 0.314 e. The summed E-state index contributed by atoms with van der Waals surface area (Å²) in [6.45, 7) is 0. The highest BCUT2D eigenvalue weighted by molar-refractivity contribution is 5.81. The number of carboxylic acids is 1. The monoisotopic (exact) mass is 270 g/mol. The number of rotatable bonds is 3. The average molecular weight is 270 g/mol. The van der Waals surface area contributed by atoms with Crippen molar-refractivity contribution in [2.45, 2.75) is 37.5 Å². The zero-order valence-electron chi connectivity index (χ0n) is 11.3. The number of aliphatic carboxylic acids is 1. The molecule has 20 heavy (non-hydrogen) atoms. The highest BCUT2D eigenvalue weighted by Crippen LogP contribution is 2.39. The average Bonchev–Trinajstić information content (AvgIpc) is 2.99. The molecule has 1 aliphatic carbocycles. The van der Waals surface area contributed by atoms with Crippen LogP contribution in [0.1, 0.15) is 37.7 Å². The molecule has 4 nitrogen and oxygen atoms in total. The predicted molar refractivity (Wildman–Crippen MR) is 76.0 cm³/mol. The van der Waals surface area contributed by atoms with E-state index >= 15 is 0 Å². The molecular formula is C16H18N2O2. The van der Waals surface area contributed by atoms with E-state index in [-0.39, 0.29) is 0 Å². The fraction of sp³-hybridized carbons (Fsp3) is 0.375. The molecule has 1 aromatic carbocycles. The highest BCUT2D eigenvalue weighted by atomic mass is 16.4. The van der Waals surface area contributed by atoms with Crippen molar-refractivity contribution in [3.8, 4) is 5.69 Å². The summed E-state index contributed by atoms with van der Waals surface area (Å²) in [6.07, 6.45) is 8.08. The van der Waals surface area contributed by atoms with Crippen LogP contribution in [0, 0.1) is 0 Å². The lowest BCUT2D eigenvalue weighted by molar-refractivity contribution is -0.145. The van der Waals surface area contributed by atoms with Crippen LogP contribution in [0.4, 0.5) is 0 Å². The van der Waals surface area contributed by atoms with Gasteiger partial charge in [-0.15, -0.1) is 0 Å². The first-order valence-electron chi connectivity index (χ1n) is 7.06. The van der Waals surface area contributed by atoms with E-state index in [1.165, 1.54) is 0 Å². The summed E-state index contributed by atoms with van der Waals surface area (Å²) < 4.78 is 1.76. The number of benzene rings is 1. The Balaban J connectivity index is 1.98. The normalized spacial score (nSPS) is 17.8. The largest absolute Gasteiger partial charge is 0.481 e. The van der Waals surface area contributed by atoms with Gasteiger partial charge in [0, 0.05) is 11.8 Å². The molecule has 3 rings (SSSR count). The number of hydrogen-bond acceptors (Lipinski definition) is 2. The smallest absolute Gasteiger partial charge is 0.314 e. The van der Waals surface area contributed by atoms with Gasteiger partial charge >= 0.3 is 5.97 Å². The minimum Gasteiger partial charge on any atom is -0.481 e. The summed E-state index contributed by atoms with van der Waals surface area (Å²) in [5, 5.41) is 14.0. The van der Waals surface area contributed by atoms with E-state index in [1.54, 1.807) is 10.9 Å². The molecule has 2 aromatic rings. The van der Waals surface area contributed by atoms with Crippen LogP contribution in [-0.4, -0.2) is 20.9 Å². The summed E-state index contributed by atoms with van der Waals surface area (Å²) in [6, 6.07) is 9.78. The minimum atomic E-state index is -0.745. The van der Waals surface area contributed by atoms with E-state index in [9.17, 15) is 9.90 Å². The van der Waals surface area contributed by atoms with Gasteiger partial charge in [0.05, 0.1) is 17.3 Å². The van der Waals surface area contributed by atoms with Crippen LogP contribution in [0.15, 0.2) is 42.7 Å². The molecule has 4 heteroatoms. The third kappa shape index (κ3) is 2.11. The van der Waals surface area contributed by atoms with Gasteiger partial charge in [-0.1, -0.05) is 37.5 Å². The molecule has 1 N–H and O–H groups in total. The van der Waals surface area contributed by atoms with E-state index in [0.717, 1.165) is 30.5 Å². The second-order valence-corrected chi connectivity index (χ2v) is 5.46. The van der Waals surface area contributed by atoms with Gasteiger partial charge in [0.25, 0.3) is 0 Å². The van der Waals surface area contributed by atoms with Crippen LogP contribution in [0.3, 0.4) is 0 Å². The molecule has 1 fully saturated rings. The van der Waals surface area contributed by atoms with Gasteiger partial charge in [0.1, 0.15) is 0 Å². The Hall–Kier alpha value is -2.10. The van der Waals surface area contributed by atoms with Crippen LogP contribution in [-0.2, 0) is 10.2 Å². The van der Waals surface area contributed by atoms with E-state index in [4.69, 9.17) is 0 Å². The molecule has 0 saturated heterocycles. The van der Waals surface area contributed by atoms with E-state index in [1.807, 2.05) is 36.5 Å². The topological polar surface area (TPSA) is 55.1 Å². The number of carbonyl (C=O) groups is 1. The Bertz CT molecular complexity index is 598. The van der Waals surface area contributed by atoms with E-state index in [2.05, 4.69) is 5.10 Å². The van der Waals surface area contributed by atoms with Crippen molar-refractivity contribution >= 4 is 5.97 Å². The predicted octanol–water partition coefficient (Wildman–Crippen LogP) is 3.16. The molecule has 0 spiro atoms. The Kier molecular flexibility index (Phi) is 3.30. The Labute approximate surface area is 118 Å². The first-order valence-corrected chi connectivity index (χ1v) is 7.06. The number of aromatic nitrogens is 2. The van der Waals surface area contributed by atoms with E-state index < -0.39 is 11.4 Å². The van der Waals surface area contributed by atoms with Crippen molar-refractivity contribution in [3.63, 3.8) is 0 Å². The molecule has 104 valence electrons. The fourth-order valence-corrected chi connectivity index (χ4v) is 3.07. The van der Waals surface area contributed by atoms with Crippen molar-refractivity contribution in [2.24, 2.45) is 0 Å². The lowest BCUT2D eigenvalue weighted by atomic mass is 9.70. The number of nitrogens with zero attached hydrogens (tertiary/aromatic N) is 2. The summed E-state index contributed by atoms with van der Waals surface area (Å²) in [4.78, 5) is 11.8. The zero-order valence-corrected chi connectivity index (χ0v) is 11.3. The molecular weight excluding hydrogens is 252 g/mol. The molecule has 0 radical (unpaired) electrons. The molecule has 0 unspecified atom stereocenters. The van der Waals surface area contributed by atoms with Gasteiger partial charge in [-0.2, -0.15) is 5.10 Å².